The molecule has 1 atom stereocenters. The van der Waals surface area contributed by atoms with Crippen LogP contribution in [0.25, 0.3) is 5.76 Å². The summed E-state index contributed by atoms with van der Waals surface area (Å²) in [6.07, 6.45) is 2.75. The van der Waals surface area contributed by atoms with Crippen molar-refractivity contribution in [1.82, 2.24) is 9.80 Å². The zero-order chi connectivity index (χ0) is 28.5. The first kappa shape index (κ1) is 29.4. The van der Waals surface area contributed by atoms with E-state index in [2.05, 4.69) is 11.8 Å². The van der Waals surface area contributed by atoms with Crippen molar-refractivity contribution in [1.29, 1.82) is 0 Å². The minimum atomic E-state index is -0.792. The number of ketones is 1. The number of amides is 1. The van der Waals surface area contributed by atoms with Gasteiger partial charge in [-0.2, -0.15) is 0 Å². The highest BCUT2D eigenvalue weighted by atomic mass is 16.5. The Hall–Kier alpha value is -3.56. The number of rotatable bonds is 13. The van der Waals surface area contributed by atoms with Crippen LogP contribution in [0, 0.1) is 0 Å². The van der Waals surface area contributed by atoms with E-state index in [9.17, 15) is 14.7 Å². The maximum Gasteiger partial charge on any atom is 0.295 e. The van der Waals surface area contributed by atoms with Crippen molar-refractivity contribution in [3.05, 3.63) is 59.2 Å². The van der Waals surface area contributed by atoms with Crippen molar-refractivity contribution >= 4 is 17.4 Å². The Morgan fingerprint density at radius 1 is 0.975 bits per heavy atom. The van der Waals surface area contributed by atoms with Crippen LogP contribution in [0.15, 0.2) is 48.0 Å². The molecule has 0 saturated carbocycles. The van der Waals surface area contributed by atoms with E-state index >= 15 is 0 Å². The molecule has 2 aromatic rings. The maximum absolute atomic E-state index is 13.5. The van der Waals surface area contributed by atoms with Gasteiger partial charge in [0, 0.05) is 31.7 Å². The van der Waals surface area contributed by atoms with E-state index in [1.165, 1.54) is 0 Å². The van der Waals surface area contributed by atoms with E-state index < -0.39 is 17.7 Å². The summed E-state index contributed by atoms with van der Waals surface area (Å²) >= 11 is 0. The fourth-order valence-electron chi connectivity index (χ4n) is 4.94. The third-order valence-electron chi connectivity index (χ3n) is 7.14. The molecule has 0 bridgehead atoms. The summed E-state index contributed by atoms with van der Waals surface area (Å²) in [5, 5.41) is 11.5. The molecular weight excluding hydrogens is 512 g/mol. The average Bonchev–Trinajstić information content (AvgIpc) is 3.24. The van der Waals surface area contributed by atoms with Crippen LogP contribution >= 0.6 is 0 Å². The molecule has 1 N–H and O–H groups in total. The van der Waals surface area contributed by atoms with Gasteiger partial charge in [0.15, 0.2) is 11.5 Å². The predicted octanol–water partition coefficient (Wildman–Crippen LogP) is 4.42. The van der Waals surface area contributed by atoms with Gasteiger partial charge < -0.3 is 29.0 Å². The van der Waals surface area contributed by atoms with Crippen LogP contribution in [0.1, 0.15) is 50.3 Å². The molecule has 216 valence electrons. The third-order valence-corrected chi connectivity index (χ3v) is 7.14. The van der Waals surface area contributed by atoms with Gasteiger partial charge in [-0.15, -0.1) is 0 Å². The first-order valence-corrected chi connectivity index (χ1v) is 14.1. The van der Waals surface area contributed by atoms with Crippen LogP contribution in [-0.2, 0) is 14.3 Å². The van der Waals surface area contributed by atoms with Crippen LogP contribution in [-0.4, -0.2) is 86.3 Å². The smallest absolute Gasteiger partial charge is 0.295 e. The van der Waals surface area contributed by atoms with Gasteiger partial charge in [0.05, 0.1) is 45.2 Å². The Kier molecular flexibility index (Phi) is 10.4. The topological polar surface area (TPSA) is 97.8 Å². The van der Waals surface area contributed by atoms with Gasteiger partial charge in [0.2, 0.25) is 0 Å². The Morgan fingerprint density at radius 3 is 2.50 bits per heavy atom. The van der Waals surface area contributed by atoms with Crippen molar-refractivity contribution in [2.75, 3.05) is 59.7 Å². The number of benzene rings is 2. The second-order valence-electron chi connectivity index (χ2n) is 9.94. The van der Waals surface area contributed by atoms with Crippen molar-refractivity contribution in [3.63, 3.8) is 0 Å². The van der Waals surface area contributed by atoms with Gasteiger partial charge in [-0.05, 0) is 42.7 Å². The van der Waals surface area contributed by atoms with Crippen LogP contribution in [0.4, 0.5) is 0 Å². The van der Waals surface area contributed by atoms with Crippen LogP contribution in [0.3, 0.4) is 0 Å². The molecule has 2 aromatic carbocycles. The Morgan fingerprint density at radius 2 is 1.77 bits per heavy atom. The van der Waals surface area contributed by atoms with Gasteiger partial charge >= 0.3 is 0 Å². The molecule has 40 heavy (non-hydrogen) atoms. The van der Waals surface area contributed by atoms with Crippen LogP contribution in [0.2, 0.25) is 0 Å². The first-order chi connectivity index (χ1) is 19.5. The molecule has 0 aromatic heterocycles. The van der Waals surface area contributed by atoms with Gasteiger partial charge in [0.1, 0.15) is 11.5 Å². The standard InChI is InChI=1S/C31H40N2O7/c1-4-6-17-40-25-11-10-22(21-26(25)37-3)28-27(29(34)23-8-7-9-24(20-23)39-16-5-2)30(35)31(36)33(28)13-12-32-14-18-38-19-15-32/h7-11,20-21,28,34H,4-6,12-19H2,1-3H3/b29-27+. The largest absolute Gasteiger partial charge is 0.507 e. The number of ether oxygens (including phenoxy) is 4. The fourth-order valence-corrected chi connectivity index (χ4v) is 4.94. The summed E-state index contributed by atoms with van der Waals surface area (Å²) < 4.78 is 22.7. The number of Topliss-reactive ketones (excluding diaryl/α,β-unsaturated/α-hetero) is 1. The number of unbranched alkanes of at least 4 members (excludes halogenated alkanes) is 1. The molecule has 9 heteroatoms. The molecule has 0 spiro atoms. The number of hydrogen-bond acceptors (Lipinski definition) is 8. The lowest BCUT2D eigenvalue weighted by Gasteiger charge is -2.31. The summed E-state index contributed by atoms with van der Waals surface area (Å²) in [4.78, 5) is 30.7. The second-order valence-corrected chi connectivity index (χ2v) is 9.94. The Balaban J connectivity index is 1.74. The highest BCUT2D eigenvalue weighted by molar-refractivity contribution is 6.46. The number of carbonyl (C=O) groups excluding carboxylic acids is 2. The molecule has 2 aliphatic rings. The van der Waals surface area contributed by atoms with Gasteiger partial charge in [-0.25, -0.2) is 0 Å². The highest BCUT2D eigenvalue weighted by Crippen LogP contribution is 2.42. The molecule has 0 radical (unpaired) electrons. The molecule has 2 saturated heterocycles. The summed E-state index contributed by atoms with van der Waals surface area (Å²) in [7, 11) is 1.56. The monoisotopic (exact) mass is 552 g/mol. The quantitative estimate of drug-likeness (QED) is 0.169. The second kappa shape index (κ2) is 14.2. The molecule has 0 aliphatic carbocycles. The normalized spacial score (nSPS) is 19.2. The van der Waals surface area contributed by atoms with Gasteiger partial charge in [0.25, 0.3) is 11.7 Å². The van der Waals surface area contributed by atoms with E-state index in [4.69, 9.17) is 18.9 Å². The number of nitrogens with zero attached hydrogens (tertiary/aromatic N) is 2. The van der Waals surface area contributed by atoms with E-state index in [0.717, 1.165) is 32.4 Å². The number of carbonyl (C=O) groups is 2. The van der Waals surface area contributed by atoms with Crippen LogP contribution in [0.5, 0.6) is 17.2 Å². The van der Waals surface area contributed by atoms with Crippen LogP contribution < -0.4 is 14.2 Å². The van der Waals surface area contributed by atoms with E-state index in [0.29, 0.717) is 67.9 Å². The summed E-state index contributed by atoms with van der Waals surface area (Å²) in [6.45, 7) is 8.89. The molecule has 2 fully saturated rings. The third kappa shape index (κ3) is 6.77. The molecule has 2 heterocycles. The molecular formula is C31H40N2O7. The predicted molar refractivity (Wildman–Crippen MR) is 152 cm³/mol. The lowest BCUT2D eigenvalue weighted by atomic mass is 9.95. The van der Waals surface area contributed by atoms with E-state index in [-0.39, 0.29) is 11.3 Å². The van der Waals surface area contributed by atoms with E-state index in [1.54, 1.807) is 48.4 Å². The van der Waals surface area contributed by atoms with Crippen molar-refractivity contribution in [3.8, 4) is 17.2 Å². The van der Waals surface area contributed by atoms with Crippen molar-refractivity contribution in [2.24, 2.45) is 0 Å². The lowest BCUT2D eigenvalue weighted by molar-refractivity contribution is -0.140. The maximum atomic E-state index is 13.5. The number of morpholine rings is 1. The van der Waals surface area contributed by atoms with Crippen molar-refractivity contribution in [2.45, 2.75) is 39.2 Å². The van der Waals surface area contributed by atoms with E-state index in [1.807, 2.05) is 13.0 Å². The molecule has 2 aliphatic heterocycles. The number of aliphatic hydroxyl groups excluding tert-OH is 1. The molecule has 1 amide bonds. The Labute approximate surface area is 236 Å². The highest BCUT2D eigenvalue weighted by Gasteiger charge is 2.46. The van der Waals surface area contributed by atoms with Gasteiger partial charge in [-0.1, -0.05) is 38.5 Å². The zero-order valence-corrected chi connectivity index (χ0v) is 23.7. The summed E-state index contributed by atoms with van der Waals surface area (Å²) in [5.41, 5.74) is 1.11. The summed E-state index contributed by atoms with van der Waals surface area (Å²) in [6, 6.07) is 11.6. The SMILES string of the molecule is CCCCOc1ccc(C2/C(=C(\O)c3cccc(OCCC)c3)C(=O)C(=O)N2CCN2CCOCC2)cc1OC. The minimum absolute atomic E-state index is 0.0429. The molecule has 9 nitrogen and oxygen atoms in total. The Bertz CT molecular complexity index is 1210. The number of methoxy groups -OCH3 is 1. The molecule has 1 unspecified atom stereocenters. The van der Waals surface area contributed by atoms with Crippen molar-refractivity contribution < 1.29 is 33.6 Å². The number of likely N-dealkylation sites (tertiary alicyclic amines) is 1. The first-order valence-electron chi connectivity index (χ1n) is 14.1. The average molecular weight is 553 g/mol. The minimum Gasteiger partial charge on any atom is -0.507 e. The van der Waals surface area contributed by atoms with Gasteiger partial charge in [-0.3, -0.25) is 14.5 Å². The lowest BCUT2D eigenvalue weighted by Crippen LogP contribution is -2.42. The number of aliphatic hydroxyl groups is 1. The zero-order valence-electron chi connectivity index (χ0n) is 23.7. The number of hydrogen-bond donors (Lipinski definition) is 1. The fraction of sp³-hybridized carbons (Fsp3) is 0.484. The molecule has 4 rings (SSSR count). The summed E-state index contributed by atoms with van der Waals surface area (Å²) in [5.74, 6) is 0.0840.